The van der Waals surface area contributed by atoms with Crippen LogP contribution in [0.3, 0.4) is 0 Å². The first-order chi connectivity index (χ1) is 10.4. The summed E-state index contributed by atoms with van der Waals surface area (Å²) in [7, 11) is 0. The molecule has 0 unspecified atom stereocenters. The number of hydrogen-bond acceptors (Lipinski definition) is 2. The summed E-state index contributed by atoms with van der Waals surface area (Å²) in [6, 6.07) is 11.7. The molecule has 22 heavy (non-hydrogen) atoms. The molecule has 0 saturated carbocycles. The van der Waals surface area contributed by atoms with Crippen LogP contribution in [-0.2, 0) is 9.59 Å². The van der Waals surface area contributed by atoms with Crippen LogP contribution in [0.4, 0.5) is 11.4 Å². The Hall–Kier alpha value is -2.62. The fourth-order valence-electron chi connectivity index (χ4n) is 2.43. The fraction of sp³-hybridized carbons (Fsp3) is 0.222. The number of amides is 2. The zero-order valence-electron chi connectivity index (χ0n) is 13.3. The van der Waals surface area contributed by atoms with E-state index < -0.39 is 0 Å². The Morgan fingerprint density at radius 1 is 0.818 bits per heavy atom. The first kappa shape index (κ1) is 15.8. The summed E-state index contributed by atoms with van der Waals surface area (Å²) >= 11 is 0. The van der Waals surface area contributed by atoms with Crippen molar-refractivity contribution in [1.82, 2.24) is 0 Å². The van der Waals surface area contributed by atoms with Gasteiger partial charge in [-0.05, 0) is 49.2 Å². The van der Waals surface area contributed by atoms with Crippen LogP contribution in [0.1, 0.15) is 25.0 Å². The van der Waals surface area contributed by atoms with Gasteiger partial charge in [0.15, 0.2) is 0 Å². The molecule has 2 N–H and O–H groups in total. The van der Waals surface area contributed by atoms with Crippen molar-refractivity contribution in [3.63, 3.8) is 0 Å². The van der Waals surface area contributed by atoms with E-state index in [0.29, 0.717) is 0 Å². The maximum Gasteiger partial charge on any atom is 0.221 e. The highest BCUT2D eigenvalue weighted by Gasteiger charge is 2.10. The Morgan fingerprint density at radius 3 is 2.09 bits per heavy atom. The Kier molecular flexibility index (Phi) is 4.61. The van der Waals surface area contributed by atoms with Gasteiger partial charge in [0.1, 0.15) is 0 Å². The standard InChI is InChI=1S/C18H20N2O2/c1-11-5-8-18(20-14(4)22)17(9-11)16-7-6-15(10-12(16)2)19-13(3)21/h5-10H,1-4H3,(H,19,21)(H,20,22). The summed E-state index contributed by atoms with van der Waals surface area (Å²) in [5.74, 6) is -0.195. The van der Waals surface area contributed by atoms with Gasteiger partial charge in [0.05, 0.1) is 0 Å². The SMILES string of the molecule is CC(=O)Nc1ccc(-c2cc(C)ccc2NC(C)=O)c(C)c1. The molecule has 2 rings (SSSR count). The van der Waals surface area contributed by atoms with Crippen molar-refractivity contribution in [2.24, 2.45) is 0 Å². The molecule has 0 atom stereocenters. The van der Waals surface area contributed by atoms with Crippen LogP contribution in [0.2, 0.25) is 0 Å². The molecule has 4 heteroatoms. The summed E-state index contributed by atoms with van der Waals surface area (Å²) in [4.78, 5) is 22.5. The molecule has 0 fully saturated rings. The lowest BCUT2D eigenvalue weighted by atomic mass is 9.96. The van der Waals surface area contributed by atoms with Crippen LogP contribution in [0.25, 0.3) is 11.1 Å². The lowest BCUT2D eigenvalue weighted by Gasteiger charge is -2.14. The second kappa shape index (κ2) is 6.43. The lowest BCUT2D eigenvalue weighted by molar-refractivity contribution is -0.115. The maximum atomic E-state index is 11.4. The molecule has 2 aromatic rings. The third kappa shape index (κ3) is 3.73. The van der Waals surface area contributed by atoms with E-state index in [0.717, 1.165) is 33.6 Å². The second-order valence-electron chi connectivity index (χ2n) is 5.44. The van der Waals surface area contributed by atoms with E-state index >= 15 is 0 Å². The predicted molar refractivity (Wildman–Crippen MR) is 90.0 cm³/mol. The lowest BCUT2D eigenvalue weighted by Crippen LogP contribution is -2.08. The van der Waals surface area contributed by atoms with E-state index in [-0.39, 0.29) is 11.8 Å². The van der Waals surface area contributed by atoms with Gasteiger partial charge in [0.25, 0.3) is 0 Å². The number of aryl methyl sites for hydroxylation is 2. The number of hydrogen-bond donors (Lipinski definition) is 2. The smallest absolute Gasteiger partial charge is 0.221 e. The summed E-state index contributed by atoms with van der Waals surface area (Å²) in [6.07, 6.45) is 0. The van der Waals surface area contributed by atoms with Crippen molar-refractivity contribution >= 4 is 23.2 Å². The topological polar surface area (TPSA) is 58.2 Å². The molecular weight excluding hydrogens is 276 g/mol. The highest BCUT2D eigenvalue weighted by Crippen LogP contribution is 2.32. The highest BCUT2D eigenvalue weighted by atomic mass is 16.2. The number of nitrogens with one attached hydrogen (secondary N) is 2. The molecule has 0 saturated heterocycles. The first-order valence-electron chi connectivity index (χ1n) is 7.13. The number of carbonyl (C=O) groups is 2. The molecule has 4 nitrogen and oxygen atoms in total. The summed E-state index contributed by atoms with van der Waals surface area (Å²) in [6.45, 7) is 6.98. The van der Waals surface area contributed by atoms with E-state index in [2.05, 4.69) is 10.6 Å². The van der Waals surface area contributed by atoms with Gasteiger partial charge >= 0.3 is 0 Å². The molecule has 0 heterocycles. The Morgan fingerprint density at radius 2 is 1.50 bits per heavy atom. The molecule has 0 radical (unpaired) electrons. The van der Waals surface area contributed by atoms with Gasteiger partial charge in [-0.3, -0.25) is 9.59 Å². The quantitative estimate of drug-likeness (QED) is 0.902. The van der Waals surface area contributed by atoms with Crippen molar-refractivity contribution in [1.29, 1.82) is 0 Å². The van der Waals surface area contributed by atoms with E-state index in [9.17, 15) is 9.59 Å². The Labute approximate surface area is 130 Å². The molecule has 0 aliphatic carbocycles. The third-order valence-corrected chi connectivity index (χ3v) is 3.32. The van der Waals surface area contributed by atoms with Crippen molar-refractivity contribution < 1.29 is 9.59 Å². The van der Waals surface area contributed by atoms with Gasteiger partial charge in [-0.1, -0.05) is 17.7 Å². The largest absolute Gasteiger partial charge is 0.326 e. The Balaban J connectivity index is 2.49. The van der Waals surface area contributed by atoms with Crippen LogP contribution in [0, 0.1) is 13.8 Å². The van der Waals surface area contributed by atoms with Crippen LogP contribution in [0.15, 0.2) is 36.4 Å². The number of anilines is 2. The minimum absolute atomic E-state index is 0.0957. The highest BCUT2D eigenvalue weighted by molar-refractivity contribution is 5.95. The van der Waals surface area contributed by atoms with Gasteiger partial charge in [-0.25, -0.2) is 0 Å². The van der Waals surface area contributed by atoms with Crippen LogP contribution < -0.4 is 10.6 Å². The first-order valence-corrected chi connectivity index (χ1v) is 7.13. The Bertz CT molecular complexity index is 736. The number of carbonyl (C=O) groups excluding carboxylic acids is 2. The second-order valence-corrected chi connectivity index (χ2v) is 5.44. The van der Waals surface area contributed by atoms with Gasteiger partial charge in [0.2, 0.25) is 11.8 Å². The van der Waals surface area contributed by atoms with Gasteiger partial charge < -0.3 is 10.6 Å². The molecule has 2 amide bonds. The van der Waals surface area contributed by atoms with E-state index in [1.54, 1.807) is 0 Å². The molecule has 114 valence electrons. The minimum atomic E-state index is -0.0994. The number of benzene rings is 2. The van der Waals surface area contributed by atoms with Crippen LogP contribution >= 0.6 is 0 Å². The minimum Gasteiger partial charge on any atom is -0.326 e. The normalized spacial score (nSPS) is 10.2. The van der Waals surface area contributed by atoms with Gasteiger partial charge in [-0.15, -0.1) is 0 Å². The maximum absolute atomic E-state index is 11.4. The summed E-state index contributed by atoms with van der Waals surface area (Å²) < 4.78 is 0. The average Bonchev–Trinajstić information content (AvgIpc) is 2.40. The zero-order chi connectivity index (χ0) is 16.3. The van der Waals surface area contributed by atoms with Gasteiger partial charge in [-0.2, -0.15) is 0 Å². The monoisotopic (exact) mass is 296 g/mol. The fourth-order valence-corrected chi connectivity index (χ4v) is 2.43. The summed E-state index contributed by atoms with van der Waals surface area (Å²) in [5.41, 5.74) is 5.71. The van der Waals surface area contributed by atoms with Crippen LogP contribution in [0.5, 0.6) is 0 Å². The molecule has 0 spiro atoms. The van der Waals surface area contributed by atoms with Gasteiger partial charge in [0, 0.05) is 30.8 Å². The zero-order valence-corrected chi connectivity index (χ0v) is 13.3. The summed E-state index contributed by atoms with van der Waals surface area (Å²) in [5, 5.41) is 5.64. The predicted octanol–water partition coefficient (Wildman–Crippen LogP) is 3.89. The van der Waals surface area contributed by atoms with E-state index in [4.69, 9.17) is 0 Å². The molecule has 0 bridgehead atoms. The van der Waals surface area contributed by atoms with Crippen molar-refractivity contribution in [3.05, 3.63) is 47.5 Å². The van der Waals surface area contributed by atoms with E-state index in [1.165, 1.54) is 13.8 Å². The van der Waals surface area contributed by atoms with Crippen LogP contribution in [-0.4, -0.2) is 11.8 Å². The molecule has 2 aromatic carbocycles. The molecule has 0 aliphatic rings. The van der Waals surface area contributed by atoms with Crippen molar-refractivity contribution in [3.8, 4) is 11.1 Å². The third-order valence-electron chi connectivity index (χ3n) is 3.32. The van der Waals surface area contributed by atoms with E-state index in [1.807, 2.05) is 50.2 Å². The molecular formula is C18H20N2O2. The average molecular weight is 296 g/mol. The van der Waals surface area contributed by atoms with Crippen molar-refractivity contribution in [2.75, 3.05) is 10.6 Å². The molecule has 0 aromatic heterocycles. The molecule has 0 aliphatic heterocycles. The van der Waals surface area contributed by atoms with Crippen molar-refractivity contribution in [2.45, 2.75) is 27.7 Å². The number of rotatable bonds is 3.